The van der Waals surface area contributed by atoms with Crippen molar-refractivity contribution in [3.05, 3.63) is 53.1 Å². The number of H-pyrrole nitrogens is 1. The minimum atomic E-state index is -0.161. The lowest BCUT2D eigenvalue weighted by atomic mass is 10.0. The van der Waals surface area contributed by atoms with Crippen LogP contribution < -0.4 is 16.2 Å². The molecule has 0 aliphatic carbocycles. The van der Waals surface area contributed by atoms with Gasteiger partial charge in [0.2, 0.25) is 5.91 Å². The molecule has 2 aliphatic heterocycles. The summed E-state index contributed by atoms with van der Waals surface area (Å²) in [6.45, 7) is 4.43. The first-order valence-electron chi connectivity index (χ1n) is 11.4. The number of piperidine rings is 1. The van der Waals surface area contributed by atoms with E-state index < -0.39 is 0 Å². The van der Waals surface area contributed by atoms with Gasteiger partial charge in [0.05, 0.1) is 0 Å². The molecule has 2 saturated heterocycles. The predicted octanol–water partition coefficient (Wildman–Crippen LogP) is 2.53. The molecule has 0 unspecified atom stereocenters. The lowest BCUT2D eigenvalue weighted by molar-refractivity contribution is -0.127. The maximum absolute atomic E-state index is 12.6. The monoisotopic (exact) mass is 436 g/mol. The number of pyridine rings is 2. The van der Waals surface area contributed by atoms with Gasteiger partial charge in [-0.3, -0.25) is 14.5 Å². The summed E-state index contributed by atoms with van der Waals surface area (Å²) < 4.78 is 0. The number of aromatic nitrogens is 2. The van der Waals surface area contributed by atoms with E-state index in [1.54, 1.807) is 18.5 Å². The van der Waals surface area contributed by atoms with E-state index in [0.29, 0.717) is 12.2 Å². The summed E-state index contributed by atoms with van der Waals surface area (Å²) in [7, 11) is 1.82. The summed E-state index contributed by atoms with van der Waals surface area (Å²) in [4.78, 5) is 36.4. The Hall–Kier alpha value is -3.13. The zero-order chi connectivity index (χ0) is 22.3. The predicted molar refractivity (Wildman–Crippen MR) is 128 cm³/mol. The standard InChI is InChI=1S/C24H32N6O2/c1-25-22-15-18(8-9-26-22)19-14-21(24(32)27-16-19)28-20-6-4-13-30(17-20)23(31)7-5-12-29-10-2-3-11-29/h5,7-9,14-16,20,28H,2-4,6,10-13,17H2,1H3,(H,25,26)(H,27,32)/b7-5+/t20-/m1/s1. The van der Waals surface area contributed by atoms with Crippen LogP contribution in [0, 0.1) is 0 Å². The van der Waals surface area contributed by atoms with Crippen LogP contribution in [0.5, 0.6) is 0 Å². The number of hydrogen-bond donors (Lipinski definition) is 3. The Morgan fingerprint density at radius 1 is 1.22 bits per heavy atom. The summed E-state index contributed by atoms with van der Waals surface area (Å²) in [6.07, 6.45) is 11.5. The van der Waals surface area contributed by atoms with E-state index in [1.165, 1.54) is 12.8 Å². The highest BCUT2D eigenvalue weighted by Crippen LogP contribution is 2.23. The SMILES string of the molecule is CNc1cc(-c2c[nH]c(=O)c(N[C@@H]3CCCN(C(=O)/C=C/CN4CCCC4)C3)c2)ccn1. The van der Waals surface area contributed by atoms with Crippen molar-refractivity contribution in [3.63, 3.8) is 0 Å². The van der Waals surface area contributed by atoms with E-state index in [2.05, 4.69) is 25.5 Å². The molecule has 2 aliphatic rings. The topological polar surface area (TPSA) is 93.4 Å². The van der Waals surface area contributed by atoms with Crippen LogP contribution in [0.1, 0.15) is 25.7 Å². The largest absolute Gasteiger partial charge is 0.376 e. The van der Waals surface area contributed by atoms with Gasteiger partial charge in [-0.1, -0.05) is 6.08 Å². The minimum Gasteiger partial charge on any atom is -0.376 e. The Labute approximate surface area is 188 Å². The van der Waals surface area contributed by atoms with Crippen LogP contribution >= 0.6 is 0 Å². The van der Waals surface area contributed by atoms with E-state index in [4.69, 9.17) is 0 Å². The summed E-state index contributed by atoms with van der Waals surface area (Å²) >= 11 is 0. The molecule has 8 heteroatoms. The number of rotatable bonds is 7. The third kappa shape index (κ3) is 5.56. The van der Waals surface area contributed by atoms with Crippen LogP contribution in [0.3, 0.4) is 0 Å². The van der Waals surface area contributed by atoms with Gasteiger partial charge in [0, 0.05) is 56.8 Å². The highest BCUT2D eigenvalue weighted by Gasteiger charge is 2.23. The fourth-order valence-corrected chi connectivity index (χ4v) is 4.39. The second-order valence-electron chi connectivity index (χ2n) is 8.49. The maximum Gasteiger partial charge on any atom is 0.271 e. The third-order valence-electron chi connectivity index (χ3n) is 6.17. The van der Waals surface area contributed by atoms with Crippen LogP contribution in [0.2, 0.25) is 0 Å². The lowest BCUT2D eigenvalue weighted by Crippen LogP contribution is -2.45. The van der Waals surface area contributed by atoms with E-state index >= 15 is 0 Å². The third-order valence-corrected chi connectivity index (χ3v) is 6.17. The van der Waals surface area contributed by atoms with Gasteiger partial charge >= 0.3 is 0 Å². The molecule has 2 fully saturated rings. The second kappa shape index (κ2) is 10.5. The van der Waals surface area contributed by atoms with E-state index in [9.17, 15) is 9.59 Å². The molecule has 0 radical (unpaired) electrons. The van der Waals surface area contributed by atoms with Crippen molar-refractivity contribution < 1.29 is 4.79 Å². The molecule has 170 valence electrons. The summed E-state index contributed by atoms with van der Waals surface area (Å²) in [5, 5.41) is 6.40. The average molecular weight is 437 g/mol. The van der Waals surface area contributed by atoms with E-state index in [1.807, 2.05) is 36.2 Å². The summed E-state index contributed by atoms with van der Waals surface area (Å²) in [5.74, 6) is 0.817. The van der Waals surface area contributed by atoms with Gasteiger partial charge in [-0.05, 0) is 62.5 Å². The lowest BCUT2D eigenvalue weighted by Gasteiger charge is -2.33. The molecule has 0 bridgehead atoms. The number of nitrogens with one attached hydrogen (secondary N) is 3. The zero-order valence-corrected chi connectivity index (χ0v) is 18.6. The number of hydrogen-bond acceptors (Lipinski definition) is 6. The zero-order valence-electron chi connectivity index (χ0n) is 18.6. The van der Waals surface area contributed by atoms with Gasteiger partial charge < -0.3 is 20.5 Å². The number of amides is 1. The molecule has 1 atom stereocenters. The second-order valence-corrected chi connectivity index (χ2v) is 8.49. The molecule has 0 saturated carbocycles. The Morgan fingerprint density at radius 2 is 2.06 bits per heavy atom. The number of carbonyl (C=O) groups is 1. The first-order valence-corrected chi connectivity index (χ1v) is 11.4. The fourth-order valence-electron chi connectivity index (χ4n) is 4.39. The molecule has 1 amide bonds. The first-order chi connectivity index (χ1) is 15.6. The van der Waals surface area contributed by atoms with Crippen molar-refractivity contribution in [1.82, 2.24) is 19.8 Å². The minimum absolute atomic E-state index is 0.0429. The van der Waals surface area contributed by atoms with Crippen LogP contribution in [0.25, 0.3) is 11.1 Å². The molecule has 8 nitrogen and oxygen atoms in total. The van der Waals surface area contributed by atoms with Gasteiger partial charge in [0.25, 0.3) is 5.56 Å². The van der Waals surface area contributed by atoms with Crippen molar-refractivity contribution >= 4 is 17.4 Å². The maximum atomic E-state index is 12.6. The fraction of sp³-hybridized carbons (Fsp3) is 0.458. The molecule has 4 rings (SSSR count). The van der Waals surface area contributed by atoms with Crippen molar-refractivity contribution in [3.8, 4) is 11.1 Å². The molecule has 2 aromatic rings. The van der Waals surface area contributed by atoms with Crippen molar-refractivity contribution in [2.24, 2.45) is 0 Å². The molecule has 32 heavy (non-hydrogen) atoms. The van der Waals surface area contributed by atoms with E-state index in [-0.39, 0.29) is 17.5 Å². The number of aromatic amines is 1. The quantitative estimate of drug-likeness (QED) is 0.578. The van der Waals surface area contributed by atoms with Gasteiger partial charge in [0.15, 0.2) is 0 Å². The highest BCUT2D eigenvalue weighted by atomic mass is 16.2. The van der Waals surface area contributed by atoms with Crippen molar-refractivity contribution in [2.45, 2.75) is 31.7 Å². The molecule has 3 N–H and O–H groups in total. The number of nitrogens with zero attached hydrogens (tertiary/aromatic N) is 3. The summed E-state index contributed by atoms with van der Waals surface area (Å²) in [6, 6.07) is 5.76. The Balaban J connectivity index is 1.39. The van der Waals surface area contributed by atoms with Crippen molar-refractivity contribution in [2.75, 3.05) is 50.4 Å². The first kappa shape index (κ1) is 22.1. The van der Waals surface area contributed by atoms with Crippen LogP contribution in [0.4, 0.5) is 11.5 Å². The van der Waals surface area contributed by atoms with Gasteiger partial charge in [-0.2, -0.15) is 0 Å². The number of anilines is 2. The van der Waals surface area contributed by atoms with Crippen molar-refractivity contribution in [1.29, 1.82) is 0 Å². The molecule has 0 spiro atoms. The summed E-state index contributed by atoms with van der Waals surface area (Å²) in [5.41, 5.74) is 2.23. The Morgan fingerprint density at radius 3 is 2.88 bits per heavy atom. The molecule has 4 heterocycles. The Kier molecular flexibility index (Phi) is 7.21. The van der Waals surface area contributed by atoms with Crippen LogP contribution in [-0.2, 0) is 4.79 Å². The number of likely N-dealkylation sites (tertiary alicyclic amines) is 2. The van der Waals surface area contributed by atoms with Crippen LogP contribution in [0.15, 0.2) is 47.5 Å². The molecule has 2 aromatic heterocycles. The Bertz CT molecular complexity index is 1010. The highest BCUT2D eigenvalue weighted by molar-refractivity contribution is 5.87. The molecular formula is C24H32N6O2. The molecule has 0 aromatic carbocycles. The van der Waals surface area contributed by atoms with Gasteiger partial charge in [-0.25, -0.2) is 4.98 Å². The number of carbonyl (C=O) groups excluding carboxylic acids is 1. The smallest absolute Gasteiger partial charge is 0.271 e. The molecular weight excluding hydrogens is 404 g/mol. The van der Waals surface area contributed by atoms with Gasteiger partial charge in [-0.15, -0.1) is 0 Å². The van der Waals surface area contributed by atoms with E-state index in [0.717, 1.165) is 56.0 Å². The average Bonchev–Trinajstić information content (AvgIpc) is 3.34. The normalized spacial score (nSPS) is 19.4. The van der Waals surface area contributed by atoms with Gasteiger partial charge in [0.1, 0.15) is 11.5 Å². The van der Waals surface area contributed by atoms with Crippen LogP contribution in [-0.4, -0.2) is 71.5 Å².